The van der Waals surface area contributed by atoms with Gasteiger partial charge in [0.15, 0.2) is 0 Å². The van der Waals surface area contributed by atoms with Crippen LogP contribution in [0.4, 0.5) is 11.6 Å². The van der Waals surface area contributed by atoms with E-state index < -0.39 is 10.7 Å². The minimum atomic E-state index is -1.19. The van der Waals surface area contributed by atoms with Gasteiger partial charge in [-0.05, 0) is 60.1 Å². The van der Waals surface area contributed by atoms with Crippen molar-refractivity contribution in [3.63, 3.8) is 0 Å². The Morgan fingerprint density at radius 3 is 2.37 bits per heavy atom. The standard InChI is InChI=1S/C25H22B4N6/c1-15(17-6-9-30-23(12-17)35-24(26,27)7-8-25(35,28)29)33-22-11-20-10-18(4-5-19(20)13-32-22)21-14-31-16(2)34(21)3/h4-6,9-14H,1,7-8H2,2-3H3,(H,32,33). The van der Waals surface area contributed by atoms with E-state index in [0.717, 1.165) is 33.4 Å². The van der Waals surface area contributed by atoms with Gasteiger partial charge in [-0.1, -0.05) is 18.7 Å². The summed E-state index contributed by atoms with van der Waals surface area (Å²) >= 11 is 0. The molecule has 1 aliphatic heterocycles. The molecule has 1 fully saturated rings. The first-order valence-corrected chi connectivity index (χ1v) is 11.3. The van der Waals surface area contributed by atoms with Gasteiger partial charge >= 0.3 is 0 Å². The molecule has 10 heteroatoms. The molecule has 0 bridgehead atoms. The van der Waals surface area contributed by atoms with E-state index in [0.29, 0.717) is 30.2 Å². The Balaban J connectivity index is 1.42. The maximum atomic E-state index is 6.25. The molecule has 0 unspecified atom stereocenters. The van der Waals surface area contributed by atoms with Crippen molar-refractivity contribution >= 4 is 59.5 Å². The fourth-order valence-corrected chi connectivity index (χ4v) is 4.53. The van der Waals surface area contributed by atoms with Crippen molar-refractivity contribution in [2.75, 3.05) is 10.2 Å². The van der Waals surface area contributed by atoms with E-state index in [-0.39, 0.29) is 0 Å². The van der Waals surface area contributed by atoms with Crippen LogP contribution in [-0.4, -0.2) is 61.6 Å². The second-order valence-corrected chi connectivity index (χ2v) is 9.21. The Morgan fingerprint density at radius 2 is 1.69 bits per heavy atom. The lowest BCUT2D eigenvalue weighted by Crippen LogP contribution is -2.56. The number of hydrogen-bond donors (Lipinski definition) is 1. The molecule has 0 atom stereocenters. The third-order valence-electron chi connectivity index (χ3n) is 6.60. The SMILES string of the molecule is [B]C1([B])CCC([B])([B])N1c1cc(C(=C)Nc2cc3cc(-c4cnc(C)n4C)ccc3cn2)ccn1. The van der Waals surface area contributed by atoms with Crippen LogP contribution in [0.5, 0.6) is 0 Å². The molecule has 0 aliphatic carbocycles. The summed E-state index contributed by atoms with van der Waals surface area (Å²) < 4.78 is 2.07. The molecule has 1 aliphatic rings. The number of imidazole rings is 1. The summed E-state index contributed by atoms with van der Waals surface area (Å²) in [5.74, 6) is 2.11. The van der Waals surface area contributed by atoms with Crippen LogP contribution in [-0.2, 0) is 7.05 Å². The van der Waals surface area contributed by atoms with Gasteiger partial charge in [-0.15, -0.1) is 0 Å². The second kappa shape index (κ2) is 8.36. The van der Waals surface area contributed by atoms with E-state index in [1.54, 1.807) is 11.1 Å². The highest BCUT2D eigenvalue weighted by Crippen LogP contribution is 2.38. The fourth-order valence-electron chi connectivity index (χ4n) is 4.53. The van der Waals surface area contributed by atoms with Crippen LogP contribution in [0.15, 0.2) is 61.6 Å². The summed E-state index contributed by atoms with van der Waals surface area (Å²) in [6, 6.07) is 11.9. The molecule has 5 rings (SSSR count). The van der Waals surface area contributed by atoms with E-state index in [2.05, 4.69) is 49.6 Å². The average molecular weight is 450 g/mol. The second-order valence-electron chi connectivity index (χ2n) is 9.21. The molecule has 0 spiro atoms. The monoisotopic (exact) mass is 450 g/mol. The largest absolute Gasteiger partial charge is 0.380 e. The highest BCUT2D eigenvalue weighted by atomic mass is 15.3. The van der Waals surface area contributed by atoms with Crippen molar-refractivity contribution in [3.05, 3.63) is 73.0 Å². The van der Waals surface area contributed by atoms with Crippen molar-refractivity contribution in [2.45, 2.75) is 30.4 Å². The van der Waals surface area contributed by atoms with Crippen LogP contribution < -0.4 is 10.2 Å². The number of pyridine rings is 2. The quantitative estimate of drug-likeness (QED) is 0.475. The van der Waals surface area contributed by atoms with Gasteiger partial charge in [0.05, 0.1) is 43.3 Å². The smallest absolute Gasteiger partial charge is 0.130 e. The maximum Gasteiger partial charge on any atom is 0.130 e. The molecule has 3 aromatic heterocycles. The lowest BCUT2D eigenvalue weighted by molar-refractivity contribution is 0.757. The van der Waals surface area contributed by atoms with Gasteiger partial charge in [0, 0.05) is 41.7 Å². The highest BCUT2D eigenvalue weighted by molar-refractivity contribution is 6.48. The zero-order valence-electron chi connectivity index (χ0n) is 19.9. The predicted octanol–water partition coefficient (Wildman–Crippen LogP) is 3.00. The zero-order chi connectivity index (χ0) is 25.0. The number of rotatable bonds is 5. The third kappa shape index (κ3) is 4.26. The Hall–Kier alpha value is -3.41. The molecule has 1 saturated heterocycles. The van der Waals surface area contributed by atoms with Gasteiger partial charge in [0.1, 0.15) is 17.5 Å². The molecular formula is C25H22B4N6. The van der Waals surface area contributed by atoms with E-state index in [1.165, 1.54) is 0 Å². The summed E-state index contributed by atoms with van der Waals surface area (Å²) in [4.78, 5) is 14.9. The molecule has 1 N–H and O–H groups in total. The van der Waals surface area contributed by atoms with Gasteiger partial charge in [-0.3, -0.25) is 0 Å². The van der Waals surface area contributed by atoms with E-state index in [4.69, 9.17) is 31.4 Å². The topological polar surface area (TPSA) is 58.9 Å². The number of fused-ring (bicyclic) bond motifs is 1. The first-order valence-electron chi connectivity index (χ1n) is 11.3. The molecule has 4 heterocycles. The minimum absolute atomic E-state index is 0.451. The van der Waals surface area contributed by atoms with Crippen molar-refractivity contribution < 1.29 is 0 Å². The fraction of sp³-hybridized carbons (Fsp3) is 0.240. The number of aromatic nitrogens is 4. The summed E-state index contributed by atoms with van der Waals surface area (Å²) in [6.45, 7) is 6.17. The van der Waals surface area contributed by atoms with E-state index in [1.807, 2.05) is 44.6 Å². The Bertz CT molecular complexity index is 1430. The Kier molecular flexibility index (Phi) is 5.58. The Morgan fingerprint density at radius 1 is 0.943 bits per heavy atom. The highest BCUT2D eigenvalue weighted by Gasteiger charge is 2.43. The van der Waals surface area contributed by atoms with Gasteiger partial charge in [0.2, 0.25) is 0 Å². The lowest BCUT2D eigenvalue weighted by Gasteiger charge is -2.44. The first-order chi connectivity index (χ1) is 16.5. The van der Waals surface area contributed by atoms with E-state index in [9.17, 15) is 0 Å². The number of benzene rings is 1. The van der Waals surface area contributed by atoms with Gasteiger partial charge in [-0.2, -0.15) is 0 Å². The minimum Gasteiger partial charge on any atom is -0.380 e. The first kappa shape index (κ1) is 23.3. The predicted molar refractivity (Wildman–Crippen MR) is 146 cm³/mol. The molecule has 1 aromatic carbocycles. The number of hydrogen-bond acceptors (Lipinski definition) is 5. The van der Waals surface area contributed by atoms with E-state index >= 15 is 0 Å². The number of aryl methyl sites for hydroxylation is 1. The summed E-state index contributed by atoms with van der Waals surface area (Å²) in [5, 5.41) is 3.00. The molecule has 164 valence electrons. The van der Waals surface area contributed by atoms with Crippen molar-refractivity contribution in [2.24, 2.45) is 7.05 Å². The lowest BCUT2D eigenvalue weighted by atomic mass is 9.58. The summed E-state index contributed by atoms with van der Waals surface area (Å²) in [7, 11) is 27.0. The van der Waals surface area contributed by atoms with Crippen LogP contribution in [0.2, 0.25) is 0 Å². The van der Waals surface area contributed by atoms with Crippen LogP contribution in [0, 0.1) is 6.92 Å². The molecule has 0 amide bonds. The van der Waals surface area contributed by atoms with Crippen LogP contribution in [0.25, 0.3) is 27.7 Å². The molecule has 4 aromatic rings. The molecule has 8 radical (unpaired) electrons. The van der Waals surface area contributed by atoms with Gasteiger partial charge in [-0.25, -0.2) is 15.0 Å². The average Bonchev–Trinajstić information content (AvgIpc) is 3.26. The van der Waals surface area contributed by atoms with Gasteiger partial charge in [0.25, 0.3) is 0 Å². The number of nitrogens with zero attached hydrogens (tertiary/aromatic N) is 5. The Labute approximate surface area is 210 Å². The van der Waals surface area contributed by atoms with Crippen LogP contribution in [0.3, 0.4) is 0 Å². The maximum absolute atomic E-state index is 6.25. The van der Waals surface area contributed by atoms with Gasteiger partial charge < -0.3 is 14.8 Å². The molecule has 6 nitrogen and oxygen atoms in total. The van der Waals surface area contributed by atoms with Crippen LogP contribution in [0.1, 0.15) is 24.2 Å². The zero-order valence-corrected chi connectivity index (χ0v) is 19.9. The molecule has 0 saturated carbocycles. The van der Waals surface area contributed by atoms with Crippen molar-refractivity contribution in [1.82, 2.24) is 19.5 Å². The molecular weight excluding hydrogens is 428 g/mol. The van der Waals surface area contributed by atoms with Crippen LogP contribution >= 0.6 is 0 Å². The number of anilines is 2. The van der Waals surface area contributed by atoms with Crippen molar-refractivity contribution in [3.8, 4) is 11.3 Å². The summed E-state index contributed by atoms with van der Waals surface area (Å²) in [6.07, 6.45) is 6.27. The number of nitrogens with one attached hydrogen (secondary N) is 1. The third-order valence-corrected chi connectivity index (χ3v) is 6.60. The summed E-state index contributed by atoms with van der Waals surface area (Å²) in [5.41, 5.74) is 3.56. The molecule has 35 heavy (non-hydrogen) atoms. The normalized spacial score (nSPS) is 16.5. The van der Waals surface area contributed by atoms with Crippen molar-refractivity contribution in [1.29, 1.82) is 0 Å².